The van der Waals surface area contributed by atoms with Gasteiger partial charge in [0.15, 0.2) is 5.82 Å². The summed E-state index contributed by atoms with van der Waals surface area (Å²) in [5, 5.41) is 27.2. The number of fused-ring (bicyclic) bond motifs is 1. The second-order valence-corrected chi connectivity index (χ2v) is 9.65. The number of non-ortho nitro benzene ring substituents is 1. The van der Waals surface area contributed by atoms with Gasteiger partial charge in [-0.25, -0.2) is 4.98 Å². The SMILES string of the molecule is O=c1c2ccccc2nc(-c2cccc(C(F)(F)F)c2)n1N=Cc1cc(Cl)cc([N+](=O)[O-])c1OCc1cccc([N+](=O)[O-])c1. The van der Waals surface area contributed by atoms with Gasteiger partial charge in [-0.2, -0.15) is 22.9 Å². The number of para-hydroxylation sites is 1. The van der Waals surface area contributed by atoms with Gasteiger partial charge < -0.3 is 4.74 Å². The number of nitro groups is 2. The van der Waals surface area contributed by atoms with Crippen LogP contribution in [0.1, 0.15) is 16.7 Å². The molecule has 0 unspecified atom stereocenters. The molecule has 1 aromatic heterocycles. The summed E-state index contributed by atoms with van der Waals surface area (Å²) in [5.74, 6) is -0.552. The Hall–Kier alpha value is -5.63. The molecule has 5 rings (SSSR count). The zero-order chi connectivity index (χ0) is 31.6. The van der Waals surface area contributed by atoms with Gasteiger partial charge in [-0.05, 0) is 35.9 Å². The van der Waals surface area contributed by atoms with Crippen LogP contribution in [-0.2, 0) is 12.8 Å². The van der Waals surface area contributed by atoms with Crippen LogP contribution in [0.5, 0.6) is 5.75 Å². The number of rotatable bonds is 8. The summed E-state index contributed by atoms with van der Waals surface area (Å²) < 4.78 is 47.0. The molecule has 0 spiro atoms. The van der Waals surface area contributed by atoms with Crippen molar-refractivity contribution in [1.82, 2.24) is 9.66 Å². The summed E-state index contributed by atoms with van der Waals surface area (Å²) >= 11 is 6.13. The molecule has 0 N–H and O–H groups in total. The normalized spacial score (nSPS) is 11.6. The first-order chi connectivity index (χ1) is 20.9. The molecule has 1 heterocycles. The van der Waals surface area contributed by atoms with Crippen molar-refractivity contribution in [3.05, 3.63) is 137 Å². The highest BCUT2D eigenvalue weighted by molar-refractivity contribution is 6.31. The van der Waals surface area contributed by atoms with Crippen LogP contribution in [-0.4, -0.2) is 25.7 Å². The van der Waals surface area contributed by atoms with Crippen molar-refractivity contribution >= 4 is 40.1 Å². The van der Waals surface area contributed by atoms with Crippen LogP contribution >= 0.6 is 11.6 Å². The Bertz CT molecular complexity index is 2030. The molecular formula is C29H17ClF3N5O6. The average molecular weight is 624 g/mol. The molecule has 0 fully saturated rings. The number of ether oxygens (including phenoxy) is 1. The Morgan fingerprint density at radius 3 is 2.43 bits per heavy atom. The molecule has 0 atom stereocenters. The molecule has 0 radical (unpaired) electrons. The molecule has 4 aromatic carbocycles. The van der Waals surface area contributed by atoms with Crippen LogP contribution in [0.3, 0.4) is 0 Å². The smallest absolute Gasteiger partial charge is 0.416 e. The van der Waals surface area contributed by atoms with Crippen LogP contribution in [0.2, 0.25) is 5.02 Å². The van der Waals surface area contributed by atoms with Gasteiger partial charge in [0.05, 0.1) is 32.5 Å². The monoisotopic (exact) mass is 623 g/mol. The lowest BCUT2D eigenvalue weighted by Gasteiger charge is -2.13. The molecular weight excluding hydrogens is 607 g/mol. The minimum Gasteiger partial charge on any atom is -0.481 e. The lowest BCUT2D eigenvalue weighted by molar-refractivity contribution is -0.386. The van der Waals surface area contributed by atoms with Crippen LogP contribution in [0.15, 0.2) is 94.8 Å². The highest BCUT2D eigenvalue weighted by Gasteiger charge is 2.31. The molecule has 11 nitrogen and oxygen atoms in total. The van der Waals surface area contributed by atoms with E-state index < -0.39 is 32.8 Å². The van der Waals surface area contributed by atoms with Crippen molar-refractivity contribution in [2.45, 2.75) is 12.8 Å². The fourth-order valence-corrected chi connectivity index (χ4v) is 4.50. The predicted molar refractivity (Wildman–Crippen MR) is 155 cm³/mol. The van der Waals surface area contributed by atoms with Crippen molar-refractivity contribution in [1.29, 1.82) is 0 Å². The first-order valence-corrected chi connectivity index (χ1v) is 12.9. The maximum atomic E-state index is 13.5. The molecule has 0 saturated heterocycles. The third kappa shape index (κ3) is 6.24. The van der Waals surface area contributed by atoms with Gasteiger partial charge in [-0.15, -0.1) is 0 Å². The third-order valence-electron chi connectivity index (χ3n) is 6.28. The zero-order valence-electron chi connectivity index (χ0n) is 22.1. The first-order valence-electron chi connectivity index (χ1n) is 12.5. The lowest BCUT2D eigenvalue weighted by atomic mass is 10.1. The van der Waals surface area contributed by atoms with E-state index in [0.717, 1.165) is 35.2 Å². The molecule has 0 aliphatic carbocycles. The van der Waals surface area contributed by atoms with Crippen LogP contribution in [0, 0.1) is 20.2 Å². The Morgan fingerprint density at radius 2 is 1.70 bits per heavy atom. The first kappa shape index (κ1) is 29.8. The predicted octanol–water partition coefficient (Wildman–Crippen LogP) is 7.01. The van der Waals surface area contributed by atoms with E-state index in [-0.39, 0.29) is 50.9 Å². The summed E-state index contributed by atoms with van der Waals surface area (Å²) in [6.45, 7) is -0.321. The molecule has 5 aromatic rings. The van der Waals surface area contributed by atoms with Gasteiger partial charge >= 0.3 is 11.9 Å². The van der Waals surface area contributed by atoms with E-state index in [4.69, 9.17) is 16.3 Å². The second kappa shape index (κ2) is 11.9. The Balaban J connectivity index is 1.65. The number of halogens is 4. The lowest BCUT2D eigenvalue weighted by Crippen LogP contribution is -2.20. The highest BCUT2D eigenvalue weighted by atomic mass is 35.5. The van der Waals surface area contributed by atoms with E-state index in [9.17, 15) is 38.2 Å². The van der Waals surface area contributed by atoms with Gasteiger partial charge in [0.25, 0.3) is 11.2 Å². The summed E-state index contributed by atoms with van der Waals surface area (Å²) in [6, 6.07) is 18.1. The van der Waals surface area contributed by atoms with E-state index in [2.05, 4.69) is 10.1 Å². The summed E-state index contributed by atoms with van der Waals surface area (Å²) in [7, 11) is 0. The molecule has 15 heteroatoms. The second-order valence-electron chi connectivity index (χ2n) is 9.21. The number of hydrogen-bond donors (Lipinski definition) is 0. The minimum atomic E-state index is -4.67. The fourth-order valence-electron chi connectivity index (χ4n) is 4.28. The topological polar surface area (TPSA) is 143 Å². The average Bonchev–Trinajstić information content (AvgIpc) is 2.99. The van der Waals surface area contributed by atoms with Crippen LogP contribution < -0.4 is 10.3 Å². The third-order valence-corrected chi connectivity index (χ3v) is 6.50. The van der Waals surface area contributed by atoms with Gasteiger partial charge in [-0.1, -0.05) is 48.0 Å². The van der Waals surface area contributed by atoms with Crippen molar-refractivity contribution < 1.29 is 27.8 Å². The number of benzene rings is 4. The van der Waals surface area contributed by atoms with Gasteiger partial charge in [0.1, 0.15) is 6.61 Å². The van der Waals surface area contributed by atoms with Gasteiger partial charge in [0, 0.05) is 34.3 Å². The van der Waals surface area contributed by atoms with Crippen LogP contribution in [0.25, 0.3) is 22.3 Å². The summed E-state index contributed by atoms with van der Waals surface area (Å²) in [5.41, 5.74) is -2.09. The molecule has 0 bridgehead atoms. The maximum Gasteiger partial charge on any atom is 0.416 e. The Labute approximate surface area is 249 Å². The number of hydrogen-bond acceptors (Lipinski definition) is 8. The molecule has 44 heavy (non-hydrogen) atoms. The van der Waals surface area contributed by atoms with E-state index in [0.29, 0.717) is 5.56 Å². The molecule has 222 valence electrons. The zero-order valence-corrected chi connectivity index (χ0v) is 22.8. The molecule has 0 aliphatic heterocycles. The molecule has 0 aliphatic rings. The standard InChI is InChI=1S/C29H17ClF3N5O6/c30-21-13-19(26(25(14-21)38(42)43)44-16-17-5-3-8-22(11-17)37(40)41)15-34-36-27(18-6-4-7-20(12-18)29(31,32)33)35-24-10-2-1-9-23(24)28(36)39/h1-15H,16H2. The Kier molecular flexibility index (Phi) is 8.09. The van der Waals surface area contributed by atoms with Crippen molar-refractivity contribution in [3.63, 3.8) is 0 Å². The van der Waals surface area contributed by atoms with E-state index in [1.165, 1.54) is 48.5 Å². The quantitative estimate of drug-likeness (QED) is 0.103. The van der Waals surface area contributed by atoms with Gasteiger partial charge in [0.2, 0.25) is 5.75 Å². The van der Waals surface area contributed by atoms with Crippen LogP contribution in [0.4, 0.5) is 24.5 Å². The Morgan fingerprint density at radius 1 is 0.955 bits per heavy atom. The van der Waals surface area contributed by atoms with E-state index in [1.807, 2.05) is 0 Å². The largest absolute Gasteiger partial charge is 0.481 e. The molecule has 0 saturated carbocycles. The number of nitrogens with zero attached hydrogens (tertiary/aromatic N) is 5. The number of alkyl halides is 3. The van der Waals surface area contributed by atoms with E-state index in [1.54, 1.807) is 12.1 Å². The molecule has 0 amide bonds. The highest BCUT2D eigenvalue weighted by Crippen LogP contribution is 2.35. The summed E-state index contributed by atoms with van der Waals surface area (Å²) in [6.07, 6.45) is -3.65. The fraction of sp³-hybridized carbons (Fsp3) is 0.0690. The van der Waals surface area contributed by atoms with Gasteiger partial charge in [-0.3, -0.25) is 25.0 Å². The van der Waals surface area contributed by atoms with Crippen molar-refractivity contribution in [2.75, 3.05) is 0 Å². The number of aromatic nitrogens is 2. The number of nitro benzene ring substituents is 2. The summed E-state index contributed by atoms with van der Waals surface area (Å²) in [4.78, 5) is 39.6. The van der Waals surface area contributed by atoms with E-state index >= 15 is 0 Å². The van der Waals surface area contributed by atoms with Crippen molar-refractivity contribution in [2.24, 2.45) is 5.10 Å². The maximum absolute atomic E-state index is 13.5. The van der Waals surface area contributed by atoms with Crippen molar-refractivity contribution in [3.8, 4) is 17.1 Å². The minimum absolute atomic E-state index is 0.0651.